The minimum atomic E-state index is -0.415. The van der Waals surface area contributed by atoms with Crippen LogP contribution in [0.15, 0.2) is 36.4 Å². The van der Waals surface area contributed by atoms with Crippen LogP contribution in [-0.4, -0.2) is 12.0 Å². The summed E-state index contributed by atoms with van der Waals surface area (Å²) in [5, 5.41) is 14.1. The van der Waals surface area contributed by atoms with E-state index in [0.717, 1.165) is 5.56 Å². The lowest BCUT2D eigenvalue weighted by atomic mass is 10.1. The van der Waals surface area contributed by atoms with Gasteiger partial charge < -0.3 is 10.1 Å². The minimum absolute atomic E-state index is 0.0407. The van der Waals surface area contributed by atoms with Crippen LogP contribution in [0.3, 0.4) is 0 Å². The third kappa shape index (κ3) is 3.51. The van der Waals surface area contributed by atoms with Gasteiger partial charge in [-0.2, -0.15) is 0 Å². The Morgan fingerprint density at radius 3 is 2.57 bits per heavy atom. The fourth-order valence-electron chi connectivity index (χ4n) is 2.18. The van der Waals surface area contributed by atoms with Crippen molar-refractivity contribution in [1.82, 2.24) is 0 Å². The smallest absolute Gasteiger partial charge is 0.271 e. The fraction of sp³-hybridized carbons (Fsp3) is 0.250. The maximum absolute atomic E-state index is 10.9. The number of hydrogen-bond acceptors (Lipinski definition) is 4. The molecule has 1 N–H and O–H groups in total. The molecule has 0 amide bonds. The number of nitro benzene ring substituents is 1. The zero-order chi connectivity index (χ0) is 15.4. The Bertz CT molecular complexity index is 669. The third-order valence-electron chi connectivity index (χ3n) is 3.36. The first-order chi connectivity index (χ1) is 10.0. The van der Waals surface area contributed by atoms with Crippen molar-refractivity contribution in [2.75, 3.05) is 12.4 Å². The van der Waals surface area contributed by atoms with Crippen LogP contribution in [-0.2, 0) is 6.54 Å². The van der Waals surface area contributed by atoms with Crippen molar-refractivity contribution in [1.29, 1.82) is 0 Å². The molecular weight excluding hydrogens is 268 g/mol. The monoisotopic (exact) mass is 286 g/mol. The Morgan fingerprint density at radius 1 is 1.19 bits per heavy atom. The number of rotatable bonds is 5. The predicted molar refractivity (Wildman–Crippen MR) is 82.9 cm³/mol. The number of hydrogen-bond donors (Lipinski definition) is 1. The first-order valence-corrected chi connectivity index (χ1v) is 6.63. The molecule has 2 aromatic carbocycles. The average molecular weight is 286 g/mol. The summed E-state index contributed by atoms with van der Waals surface area (Å²) in [6, 6.07) is 10.7. The number of anilines is 1. The van der Waals surface area contributed by atoms with Gasteiger partial charge in [-0.25, -0.2) is 0 Å². The summed E-state index contributed by atoms with van der Waals surface area (Å²) in [4.78, 5) is 10.4. The molecule has 0 aliphatic heterocycles. The lowest BCUT2D eigenvalue weighted by Gasteiger charge is -2.12. The first-order valence-electron chi connectivity index (χ1n) is 6.63. The Hall–Kier alpha value is -2.56. The molecule has 2 rings (SSSR count). The van der Waals surface area contributed by atoms with Crippen LogP contribution in [0.4, 0.5) is 11.4 Å². The molecule has 0 radical (unpaired) electrons. The number of aryl methyl sites for hydroxylation is 2. The number of nitrogens with one attached hydrogen (secondary N) is 1. The molecule has 0 aliphatic rings. The van der Waals surface area contributed by atoms with Gasteiger partial charge in [0, 0.05) is 18.7 Å². The highest BCUT2D eigenvalue weighted by molar-refractivity contribution is 5.61. The van der Waals surface area contributed by atoms with E-state index >= 15 is 0 Å². The summed E-state index contributed by atoms with van der Waals surface area (Å²) in [5.41, 5.74) is 4.20. The number of non-ortho nitro benzene ring substituents is 1. The molecule has 2 aromatic rings. The molecule has 0 atom stereocenters. The van der Waals surface area contributed by atoms with Gasteiger partial charge in [0.05, 0.1) is 17.7 Å². The lowest BCUT2D eigenvalue weighted by Crippen LogP contribution is -2.03. The number of nitro groups is 1. The average Bonchev–Trinajstić information content (AvgIpc) is 2.46. The van der Waals surface area contributed by atoms with E-state index in [-0.39, 0.29) is 5.69 Å². The molecule has 5 heteroatoms. The summed E-state index contributed by atoms with van der Waals surface area (Å²) in [6.45, 7) is 4.69. The summed E-state index contributed by atoms with van der Waals surface area (Å²) in [7, 11) is 1.55. The molecule has 0 spiro atoms. The van der Waals surface area contributed by atoms with Crippen LogP contribution < -0.4 is 10.1 Å². The summed E-state index contributed by atoms with van der Waals surface area (Å²) in [6.07, 6.45) is 0. The van der Waals surface area contributed by atoms with E-state index in [4.69, 9.17) is 4.74 Å². The van der Waals surface area contributed by atoms with Gasteiger partial charge in [-0.3, -0.25) is 10.1 Å². The predicted octanol–water partition coefficient (Wildman–Crippen LogP) is 3.83. The van der Waals surface area contributed by atoms with Crippen LogP contribution in [0, 0.1) is 24.0 Å². The SMILES string of the molecule is COc1ccc([N+](=O)[O-])cc1NCc1ccc(C)cc1C. The molecule has 0 bridgehead atoms. The molecule has 5 nitrogen and oxygen atoms in total. The second-order valence-corrected chi connectivity index (χ2v) is 4.93. The highest BCUT2D eigenvalue weighted by Crippen LogP contribution is 2.29. The van der Waals surface area contributed by atoms with Gasteiger partial charge in [0.1, 0.15) is 5.75 Å². The first kappa shape index (κ1) is 14.8. The van der Waals surface area contributed by atoms with Crippen LogP contribution >= 0.6 is 0 Å². The van der Waals surface area contributed by atoms with Crippen molar-refractivity contribution in [2.45, 2.75) is 20.4 Å². The van der Waals surface area contributed by atoms with E-state index in [0.29, 0.717) is 18.0 Å². The van der Waals surface area contributed by atoms with Gasteiger partial charge in [-0.15, -0.1) is 0 Å². The normalized spacial score (nSPS) is 10.2. The van der Waals surface area contributed by atoms with E-state index in [1.807, 2.05) is 6.92 Å². The van der Waals surface area contributed by atoms with E-state index < -0.39 is 4.92 Å². The molecule has 0 saturated heterocycles. The highest BCUT2D eigenvalue weighted by atomic mass is 16.6. The van der Waals surface area contributed by atoms with E-state index in [1.54, 1.807) is 13.2 Å². The Labute approximate surface area is 123 Å². The second-order valence-electron chi connectivity index (χ2n) is 4.93. The van der Waals surface area contributed by atoms with Crippen molar-refractivity contribution in [3.05, 3.63) is 63.2 Å². The zero-order valence-corrected chi connectivity index (χ0v) is 12.3. The largest absolute Gasteiger partial charge is 0.495 e. The summed E-state index contributed by atoms with van der Waals surface area (Å²) in [5.74, 6) is 0.588. The molecule has 0 aromatic heterocycles. The van der Waals surface area contributed by atoms with Crippen molar-refractivity contribution < 1.29 is 9.66 Å². The molecule has 0 unspecified atom stereocenters. The number of methoxy groups -OCH3 is 1. The highest BCUT2D eigenvalue weighted by Gasteiger charge is 2.11. The quantitative estimate of drug-likeness (QED) is 0.670. The van der Waals surface area contributed by atoms with Crippen LogP contribution in [0.5, 0.6) is 5.75 Å². The zero-order valence-electron chi connectivity index (χ0n) is 12.3. The van der Waals surface area contributed by atoms with E-state index in [1.165, 1.54) is 23.3 Å². The molecule has 0 heterocycles. The van der Waals surface area contributed by atoms with Crippen LogP contribution in [0.25, 0.3) is 0 Å². The molecule has 0 saturated carbocycles. The molecular formula is C16H18N2O3. The van der Waals surface area contributed by atoms with Gasteiger partial charge in [0.2, 0.25) is 0 Å². The number of benzene rings is 2. The minimum Gasteiger partial charge on any atom is -0.495 e. The molecule has 21 heavy (non-hydrogen) atoms. The van der Waals surface area contributed by atoms with Crippen molar-refractivity contribution >= 4 is 11.4 Å². The van der Waals surface area contributed by atoms with Gasteiger partial charge in [-0.1, -0.05) is 23.8 Å². The standard InChI is InChI=1S/C16H18N2O3/c1-11-4-5-13(12(2)8-11)10-17-15-9-14(18(19)20)6-7-16(15)21-3/h4-9,17H,10H2,1-3H3. The van der Waals surface area contributed by atoms with Crippen molar-refractivity contribution in [2.24, 2.45) is 0 Å². The van der Waals surface area contributed by atoms with Crippen molar-refractivity contribution in [3.8, 4) is 5.75 Å². The van der Waals surface area contributed by atoms with E-state index in [2.05, 4.69) is 30.4 Å². The topological polar surface area (TPSA) is 64.4 Å². The fourth-order valence-corrected chi connectivity index (χ4v) is 2.18. The van der Waals surface area contributed by atoms with Gasteiger partial charge in [0.15, 0.2) is 0 Å². The van der Waals surface area contributed by atoms with Gasteiger partial charge >= 0.3 is 0 Å². The summed E-state index contributed by atoms with van der Waals surface area (Å²) < 4.78 is 5.23. The Kier molecular flexibility index (Phi) is 4.42. The Morgan fingerprint density at radius 2 is 1.95 bits per heavy atom. The molecule has 110 valence electrons. The van der Waals surface area contributed by atoms with Crippen molar-refractivity contribution in [3.63, 3.8) is 0 Å². The third-order valence-corrected chi connectivity index (χ3v) is 3.36. The Balaban J connectivity index is 2.22. The van der Waals surface area contributed by atoms with E-state index in [9.17, 15) is 10.1 Å². The molecule has 0 aliphatic carbocycles. The second kappa shape index (κ2) is 6.26. The number of ether oxygens (including phenoxy) is 1. The summed E-state index contributed by atoms with van der Waals surface area (Å²) >= 11 is 0. The molecule has 0 fully saturated rings. The maximum atomic E-state index is 10.9. The van der Waals surface area contributed by atoms with Crippen LogP contribution in [0.2, 0.25) is 0 Å². The van der Waals surface area contributed by atoms with Crippen LogP contribution in [0.1, 0.15) is 16.7 Å². The lowest BCUT2D eigenvalue weighted by molar-refractivity contribution is -0.384. The van der Waals surface area contributed by atoms with Gasteiger partial charge in [0.25, 0.3) is 5.69 Å². The maximum Gasteiger partial charge on any atom is 0.271 e. The van der Waals surface area contributed by atoms with Gasteiger partial charge in [-0.05, 0) is 31.0 Å². The number of nitrogens with zero attached hydrogens (tertiary/aromatic N) is 1.